The molecule has 1 aromatic rings. The van der Waals surface area contributed by atoms with Gasteiger partial charge in [0.05, 0.1) is 12.7 Å². The molecule has 1 N–H and O–H groups in total. The van der Waals surface area contributed by atoms with E-state index in [9.17, 15) is 4.79 Å². The van der Waals surface area contributed by atoms with Crippen LogP contribution in [0, 0.1) is 0 Å². The minimum atomic E-state index is -0.555. The van der Waals surface area contributed by atoms with Crippen LogP contribution in [0.3, 0.4) is 0 Å². The van der Waals surface area contributed by atoms with E-state index in [0.29, 0.717) is 24.9 Å². The number of aromatic nitrogens is 1. The standard InChI is InChI=1S/C19H29N3O4/c1-14(20-3)6-5-7-16-10-18(12-21-11-16)26-17-8-9-22(13-17)19(23)25-15(2)24-4/h5,7,10-12,14-15,17,20H,6,8-9,13H2,1-4H3/t14-,15?,17-/m0/s1. The topological polar surface area (TPSA) is 72.9 Å². The Hall–Kier alpha value is -2.12. The average molecular weight is 363 g/mol. The third-order valence-corrected chi connectivity index (χ3v) is 4.33. The molecule has 3 atom stereocenters. The summed E-state index contributed by atoms with van der Waals surface area (Å²) in [5.41, 5.74) is 0.994. The van der Waals surface area contributed by atoms with Gasteiger partial charge in [-0.3, -0.25) is 4.98 Å². The van der Waals surface area contributed by atoms with Gasteiger partial charge < -0.3 is 24.4 Å². The number of amides is 1. The number of hydrogen-bond acceptors (Lipinski definition) is 6. The zero-order valence-corrected chi connectivity index (χ0v) is 16.0. The maximum atomic E-state index is 12.0. The first-order valence-corrected chi connectivity index (χ1v) is 8.95. The van der Waals surface area contributed by atoms with E-state index >= 15 is 0 Å². The molecule has 0 bridgehead atoms. The molecule has 144 valence electrons. The molecule has 1 aliphatic heterocycles. The molecular formula is C19H29N3O4. The number of nitrogens with one attached hydrogen (secondary N) is 1. The van der Waals surface area contributed by atoms with Crippen molar-refractivity contribution in [2.24, 2.45) is 0 Å². The van der Waals surface area contributed by atoms with Crippen LogP contribution < -0.4 is 10.1 Å². The van der Waals surface area contributed by atoms with Crippen LogP contribution in [0.15, 0.2) is 24.5 Å². The van der Waals surface area contributed by atoms with Crippen molar-refractivity contribution in [3.8, 4) is 5.75 Å². The summed E-state index contributed by atoms with van der Waals surface area (Å²) in [5.74, 6) is 0.708. The molecule has 26 heavy (non-hydrogen) atoms. The fraction of sp³-hybridized carbons (Fsp3) is 0.579. The van der Waals surface area contributed by atoms with Crippen LogP contribution in [-0.4, -0.2) is 61.7 Å². The Morgan fingerprint density at radius 3 is 3.00 bits per heavy atom. The molecule has 0 aromatic carbocycles. The smallest absolute Gasteiger partial charge is 0.412 e. The third-order valence-electron chi connectivity index (χ3n) is 4.33. The maximum absolute atomic E-state index is 12.0. The highest BCUT2D eigenvalue weighted by Gasteiger charge is 2.29. The van der Waals surface area contributed by atoms with Crippen LogP contribution in [0.1, 0.15) is 32.3 Å². The molecule has 7 nitrogen and oxygen atoms in total. The van der Waals surface area contributed by atoms with E-state index in [1.165, 1.54) is 7.11 Å². The molecule has 0 radical (unpaired) electrons. The van der Waals surface area contributed by atoms with E-state index in [-0.39, 0.29) is 12.2 Å². The van der Waals surface area contributed by atoms with E-state index in [1.807, 2.05) is 19.2 Å². The van der Waals surface area contributed by atoms with Gasteiger partial charge in [0.2, 0.25) is 6.29 Å². The van der Waals surface area contributed by atoms with Crippen molar-refractivity contribution < 1.29 is 19.0 Å². The maximum Gasteiger partial charge on any atom is 0.412 e. The second-order valence-corrected chi connectivity index (χ2v) is 6.44. The van der Waals surface area contributed by atoms with Gasteiger partial charge in [0, 0.05) is 32.3 Å². The third kappa shape index (κ3) is 6.31. The monoisotopic (exact) mass is 363 g/mol. The summed E-state index contributed by atoms with van der Waals surface area (Å²) in [5, 5.41) is 3.20. The van der Waals surface area contributed by atoms with Gasteiger partial charge in [-0.15, -0.1) is 0 Å². The van der Waals surface area contributed by atoms with Gasteiger partial charge in [-0.25, -0.2) is 4.79 Å². The first-order valence-electron chi connectivity index (χ1n) is 8.95. The summed E-state index contributed by atoms with van der Waals surface area (Å²) in [4.78, 5) is 17.9. The number of methoxy groups -OCH3 is 1. The summed E-state index contributed by atoms with van der Waals surface area (Å²) in [6, 6.07) is 2.39. The number of pyridine rings is 1. The van der Waals surface area contributed by atoms with Crippen LogP contribution in [0.5, 0.6) is 5.75 Å². The van der Waals surface area contributed by atoms with Crippen molar-refractivity contribution in [3.05, 3.63) is 30.1 Å². The zero-order chi connectivity index (χ0) is 18.9. The minimum absolute atomic E-state index is 0.0641. The zero-order valence-electron chi connectivity index (χ0n) is 16.0. The number of rotatable bonds is 8. The number of nitrogens with zero attached hydrogens (tertiary/aromatic N) is 2. The van der Waals surface area contributed by atoms with Crippen LogP contribution >= 0.6 is 0 Å². The predicted molar refractivity (Wildman–Crippen MR) is 100.0 cm³/mol. The highest BCUT2D eigenvalue weighted by atomic mass is 16.7. The Morgan fingerprint density at radius 1 is 1.46 bits per heavy atom. The van der Waals surface area contributed by atoms with Gasteiger partial charge in [0.1, 0.15) is 11.9 Å². The molecule has 1 fully saturated rings. The lowest BCUT2D eigenvalue weighted by Gasteiger charge is -2.19. The Labute approximate surface area is 155 Å². The van der Waals surface area contributed by atoms with E-state index < -0.39 is 6.29 Å². The van der Waals surface area contributed by atoms with Gasteiger partial charge in [-0.1, -0.05) is 12.2 Å². The summed E-state index contributed by atoms with van der Waals surface area (Å²) in [7, 11) is 3.45. The molecular weight excluding hydrogens is 334 g/mol. The van der Waals surface area contributed by atoms with Gasteiger partial charge >= 0.3 is 6.09 Å². The highest BCUT2D eigenvalue weighted by Crippen LogP contribution is 2.20. The lowest BCUT2D eigenvalue weighted by Crippen LogP contribution is -2.33. The largest absolute Gasteiger partial charge is 0.487 e. The van der Waals surface area contributed by atoms with E-state index in [0.717, 1.165) is 18.4 Å². The summed E-state index contributed by atoms with van der Waals surface area (Å²) in [6.07, 6.45) is 8.37. The molecule has 7 heteroatoms. The summed E-state index contributed by atoms with van der Waals surface area (Å²) in [6.45, 7) is 4.92. The second-order valence-electron chi connectivity index (χ2n) is 6.44. The van der Waals surface area contributed by atoms with E-state index in [2.05, 4.69) is 23.3 Å². The van der Waals surface area contributed by atoms with Crippen LogP contribution in [0.25, 0.3) is 6.08 Å². The van der Waals surface area contributed by atoms with Crippen LogP contribution in [0.4, 0.5) is 4.79 Å². The van der Waals surface area contributed by atoms with Crippen molar-refractivity contribution in [2.75, 3.05) is 27.2 Å². The van der Waals surface area contributed by atoms with E-state index in [1.54, 1.807) is 24.2 Å². The van der Waals surface area contributed by atoms with Crippen LogP contribution in [0.2, 0.25) is 0 Å². The van der Waals surface area contributed by atoms with Crippen molar-refractivity contribution in [1.29, 1.82) is 0 Å². The number of hydrogen-bond donors (Lipinski definition) is 1. The molecule has 0 saturated carbocycles. The molecule has 1 saturated heterocycles. The quantitative estimate of drug-likeness (QED) is 0.716. The van der Waals surface area contributed by atoms with Crippen molar-refractivity contribution >= 4 is 12.2 Å². The Bertz CT molecular complexity index is 608. The number of likely N-dealkylation sites (tertiary alicyclic amines) is 1. The molecule has 2 heterocycles. The average Bonchev–Trinajstić information content (AvgIpc) is 3.10. The molecule has 1 unspecified atom stereocenters. The first-order chi connectivity index (χ1) is 12.5. The lowest BCUT2D eigenvalue weighted by molar-refractivity contribution is -0.0768. The SMILES string of the molecule is CN[C@@H](C)CC=Cc1cncc(O[C@H]2CCN(C(=O)OC(C)OC)C2)c1. The second kappa shape index (κ2) is 10.1. The predicted octanol–water partition coefficient (Wildman–Crippen LogP) is 2.67. The van der Waals surface area contributed by atoms with Gasteiger partial charge in [-0.05, 0) is 38.9 Å². The number of carbonyl (C=O) groups excluding carboxylic acids is 1. The van der Waals surface area contributed by atoms with Crippen LogP contribution in [-0.2, 0) is 9.47 Å². The van der Waals surface area contributed by atoms with E-state index in [4.69, 9.17) is 14.2 Å². The first kappa shape index (κ1) is 20.2. The van der Waals surface area contributed by atoms with Crippen molar-refractivity contribution in [1.82, 2.24) is 15.2 Å². The number of ether oxygens (including phenoxy) is 3. The fourth-order valence-electron chi connectivity index (χ4n) is 2.56. The Kier molecular flexibility index (Phi) is 7.87. The Morgan fingerprint density at radius 2 is 2.27 bits per heavy atom. The molecule has 1 aliphatic rings. The summed E-state index contributed by atoms with van der Waals surface area (Å²) >= 11 is 0. The molecule has 0 aliphatic carbocycles. The normalized spacial score (nSPS) is 19.5. The minimum Gasteiger partial charge on any atom is -0.487 e. The molecule has 0 spiro atoms. The van der Waals surface area contributed by atoms with Gasteiger partial charge in [0.15, 0.2) is 0 Å². The van der Waals surface area contributed by atoms with Gasteiger partial charge in [0.25, 0.3) is 0 Å². The van der Waals surface area contributed by atoms with Gasteiger partial charge in [-0.2, -0.15) is 0 Å². The molecule has 2 rings (SSSR count). The highest BCUT2D eigenvalue weighted by molar-refractivity contribution is 5.68. The summed E-state index contributed by atoms with van der Waals surface area (Å²) < 4.78 is 16.1. The molecule has 1 amide bonds. The Balaban J connectivity index is 1.85. The number of carbonyl (C=O) groups is 1. The fourth-order valence-corrected chi connectivity index (χ4v) is 2.56. The molecule has 1 aromatic heterocycles. The lowest BCUT2D eigenvalue weighted by atomic mass is 10.2. The van der Waals surface area contributed by atoms with Crippen molar-refractivity contribution in [3.63, 3.8) is 0 Å². The van der Waals surface area contributed by atoms with Crippen molar-refractivity contribution in [2.45, 2.75) is 45.1 Å².